The van der Waals surface area contributed by atoms with Gasteiger partial charge in [0.1, 0.15) is 11.6 Å². The van der Waals surface area contributed by atoms with Crippen molar-refractivity contribution in [3.8, 4) is 0 Å². The molecule has 0 saturated carbocycles. The van der Waals surface area contributed by atoms with Crippen molar-refractivity contribution in [2.75, 3.05) is 11.5 Å². The van der Waals surface area contributed by atoms with Crippen molar-refractivity contribution >= 4 is 59.7 Å². The van der Waals surface area contributed by atoms with Crippen LogP contribution < -0.4 is 11.5 Å². The molecule has 10 heteroatoms. The number of rotatable bonds is 0. The molecular weight excluding hydrogens is 322 g/mol. The summed E-state index contributed by atoms with van der Waals surface area (Å²) in [7, 11) is 3.47. The van der Waals surface area contributed by atoms with Gasteiger partial charge >= 0.3 is 0 Å². The van der Waals surface area contributed by atoms with Gasteiger partial charge in [-0.15, -0.1) is 24.8 Å². The Hall–Kier alpha value is -0.820. The van der Waals surface area contributed by atoms with E-state index in [9.17, 15) is 0 Å². The van der Waals surface area contributed by atoms with E-state index in [0.29, 0.717) is 21.9 Å². The van der Waals surface area contributed by atoms with E-state index in [0.717, 1.165) is 0 Å². The zero-order valence-corrected chi connectivity index (χ0v) is 12.8. The molecule has 0 amide bonds. The molecule has 0 aliphatic heterocycles. The van der Waals surface area contributed by atoms with E-state index in [1.54, 1.807) is 26.2 Å². The maximum Gasteiger partial charge on any atom is 0.153 e. The average Bonchev–Trinajstić information content (AvgIpc) is 2.58. The summed E-state index contributed by atoms with van der Waals surface area (Å²) >= 11 is 10.9. The van der Waals surface area contributed by atoms with Crippen molar-refractivity contribution < 1.29 is 0 Å². The Labute approximate surface area is 127 Å². The Balaban J connectivity index is 0. The van der Waals surface area contributed by atoms with Crippen molar-refractivity contribution in [1.82, 2.24) is 19.6 Å². The van der Waals surface area contributed by atoms with Crippen LogP contribution in [0.25, 0.3) is 0 Å². The molecule has 0 aliphatic rings. The Morgan fingerprint density at radius 3 is 1.22 bits per heavy atom. The first-order valence-corrected chi connectivity index (χ1v) is 5.05. The van der Waals surface area contributed by atoms with Gasteiger partial charge < -0.3 is 11.5 Å². The van der Waals surface area contributed by atoms with Crippen LogP contribution in [0.2, 0.25) is 10.3 Å². The number of aromatic nitrogens is 4. The lowest BCUT2D eigenvalue weighted by molar-refractivity contribution is 0.779. The third-order valence-electron chi connectivity index (χ3n) is 1.77. The summed E-state index contributed by atoms with van der Waals surface area (Å²) in [4.78, 5) is 0. The Morgan fingerprint density at radius 1 is 0.889 bits per heavy atom. The first kappa shape index (κ1) is 19.5. The fourth-order valence-electron chi connectivity index (χ4n) is 0.891. The highest BCUT2D eigenvalue weighted by molar-refractivity contribution is 6.29. The molecule has 104 valence electrons. The summed E-state index contributed by atoms with van der Waals surface area (Å²) in [6.45, 7) is 0. The first-order chi connectivity index (χ1) is 7.40. The van der Waals surface area contributed by atoms with E-state index in [1.807, 2.05) is 0 Å². The van der Waals surface area contributed by atoms with Crippen LogP contribution in [-0.4, -0.2) is 19.6 Å². The minimum atomic E-state index is 0. The maximum absolute atomic E-state index is 5.45. The third-order valence-corrected chi connectivity index (χ3v) is 2.14. The molecule has 4 N–H and O–H groups in total. The van der Waals surface area contributed by atoms with Crippen LogP contribution in [0.5, 0.6) is 0 Å². The lowest BCUT2D eigenvalue weighted by Crippen LogP contribution is -1.96. The topological polar surface area (TPSA) is 87.7 Å². The van der Waals surface area contributed by atoms with Crippen LogP contribution in [0.4, 0.5) is 11.6 Å². The molecule has 0 fully saturated rings. The van der Waals surface area contributed by atoms with Gasteiger partial charge in [0.25, 0.3) is 0 Å². The molecule has 0 atom stereocenters. The first-order valence-electron chi connectivity index (χ1n) is 4.30. The van der Waals surface area contributed by atoms with Gasteiger partial charge in [-0.05, 0) is 0 Å². The lowest BCUT2D eigenvalue weighted by atomic mass is 10.7. The van der Waals surface area contributed by atoms with Crippen LogP contribution in [0.3, 0.4) is 0 Å². The zero-order chi connectivity index (χ0) is 12.3. The molecule has 0 aromatic carbocycles. The third kappa shape index (κ3) is 5.68. The van der Waals surface area contributed by atoms with Crippen LogP contribution in [0, 0.1) is 0 Å². The summed E-state index contributed by atoms with van der Waals surface area (Å²) in [5.74, 6) is 1.16. The standard InChI is InChI=1S/2C4H6ClN3.2ClH/c2*1-8-4(6)2-3(5)7-8;;/h2*2H,6H2,1H3;2*1H. The monoisotopic (exact) mass is 334 g/mol. The summed E-state index contributed by atoms with van der Waals surface area (Å²) in [6.07, 6.45) is 0. The SMILES string of the molecule is Cl.Cl.Cn1nc(Cl)cc1N.Cn1nc(Cl)cc1N. The second-order valence-corrected chi connectivity index (χ2v) is 3.81. The summed E-state index contributed by atoms with van der Waals surface area (Å²) < 4.78 is 3.03. The van der Waals surface area contributed by atoms with Crippen molar-refractivity contribution in [2.45, 2.75) is 0 Å². The van der Waals surface area contributed by atoms with E-state index in [4.69, 9.17) is 34.7 Å². The van der Waals surface area contributed by atoms with E-state index >= 15 is 0 Å². The molecular formula is C8H14Cl4N6. The second kappa shape index (κ2) is 8.31. The second-order valence-electron chi connectivity index (χ2n) is 3.03. The smallest absolute Gasteiger partial charge is 0.153 e. The number of halogens is 4. The fourth-order valence-corrected chi connectivity index (χ4v) is 1.34. The normalized spacial score (nSPS) is 8.67. The van der Waals surface area contributed by atoms with Crippen molar-refractivity contribution in [3.05, 3.63) is 22.4 Å². The predicted octanol–water partition coefficient (Wildman–Crippen LogP) is 2.15. The van der Waals surface area contributed by atoms with Crippen LogP contribution in [-0.2, 0) is 14.1 Å². The summed E-state index contributed by atoms with van der Waals surface area (Å²) in [5, 5.41) is 8.41. The van der Waals surface area contributed by atoms with Gasteiger partial charge in [0, 0.05) is 26.2 Å². The summed E-state index contributed by atoms with van der Waals surface area (Å²) in [5.41, 5.74) is 10.7. The number of anilines is 2. The number of nitrogens with two attached hydrogens (primary N) is 2. The number of nitrogens with zero attached hydrogens (tertiary/aromatic N) is 4. The van der Waals surface area contributed by atoms with Crippen LogP contribution in [0.1, 0.15) is 0 Å². The molecule has 0 radical (unpaired) electrons. The van der Waals surface area contributed by atoms with Crippen LogP contribution >= 0.6 is 48.0 Å². The molecule has 0 spiro atoms. The molecule has 0 bridgehead atoms. The average molecular weight is 336 g/mol. The summed E-state index contributed by atoms with van der Waals surface area (Å²) in [6, 6.07) is 3.20. The molecule has 2 aromatic heterocycles. The van der Waals surface area contributed by atoms with E-state index in [1.165, 1.54) is 9.36 Å². The van der Waals surface area contributed by atoms with Crippen molar-refractivity contribution in [1.29, 1.82) is 0 Å². The molecule has 0 unspecified atom stereocenters. The van der Waals surface area contributed by atoms with Gasteiger partial charge in [-0.25, -0.2) is 0 Å². The number of nitrogen functional groups attached to an aromatic ring is 2. The molecule has 0 aliphatic carbocycles. The van der Waals surface area contributed by atoms with E-state index in [-0.39, 0.29) is 24.8 Å². The Morgan fingerprint density at radius 2 is 1.17 bits per heavy atom. The van der Waals surface area contributed by atoms with Crippen LogP contribution in [0.15, 0.2) is 12.1 Å². The largest absolute Gasteiger partial charge is 0.384 e. The highest BCUT2D eigenvalue weighted by atomic mass is 35.5. The molecule has 2 aromatic rings. The predicted molar refractivity (Wildman–Crippen MR) is 79.8 cm³/mol. The minimum absolute atomic E-state index is 0. The molecule has 2 rings (SSSR count). The highest BCUT2D eigenvalue weighted by Gasteiger charge is 1.95. The highest BCUT2D eigenvalue weighted by Crippen LogP contribution is 2.08. The van der Waals surface area contributed by atoms with E-state index in [2.05, 4.69) is 10.2 Å². The van der Waals surface area contributed by atoms with Gasteiger partial charge in [0.15, 0.2) is 10.3 Å². The van der Waals surface area contributed by atoms with Gasteiger partial charge in [0.2, 0.25) is 0 Å². The van der Waals surface area contributed by atoms with Gasteiger partial charge in [0.05, 0.1) is 0 Å². The molecule has 2 heterocycles. The van der Waals surface area contributed by atoms with E-state index < -0.39 is 0 Å². The Bertz CT molecular complexity index is 397. The minimum Gasteiger partial charge on any atom is -0.384 e. The molecule has 0 saturated heterocycles. The Kier molecular flexibility index (Phi) is 9.01. The number of aryl methyl sites for hydroxylation is 2. The van der Waals surface area contributed by atoms with Crippen molar-refractivity contribution in [2.24, 2.45) is 14.1 Å². The number of hydrogen-bond donors (Lipinski definition) is 2. The quantitative estimate of drug-likeness (QED) is 0.772. The zero-order valence-electron chi connectivity index (χ0n) is 9.67. The number of hydrogen-bond acceptors (Lipinski definition) is 4. The van der Waals surface area contributed by atoms with Crippen molar-refractivity contribution in [3.63, 3.8) is 0 Å². The van der Waals surface area contributed by atoms with Gasteiger partial charge in [-0.3, -0.25) is 9.36 Å². The maximum atomic E-state index is 5.45. The molecule has 18 heavy (non-hydrogen) atoms. The fraction of sp³-hybridized carbons (Fsp3) is 0.250. The lowest BCUT2D eigenvalue weighted by Gasteiger charge is -1.87. The molecule has 6 nitrogen and oxygen atoms in total. The van der Waals surface area contributed by atoms with Gasteiger partial charge in [-0.2, -0.15) is 10.2 Å². The van der Waals surface area contributed by atoms with Gasteiger partial charge in [-0.1, -0.05) is 23.2 Å².